The van der Waals surface area contributed by atoms with Crippen molar-refractivity contribution in [2.45, 2.75) is 64.0 Å². The Labute approximate surface area is 199 Å². The molecule has 1 fully saturated rings. The molecule has 0 bridgehead atoms. The van der Waals surface area contributed by atoms with Crippen LogP contribution in [0.1, 0.15) is 50.7 Å². The first kappa shape index (κ1) is 23.9. The number of nitrogens with zero attached hydrogens (tertiary/aromatic N) is 2. The van der Waals surface area contributed by atoms with Gasteiger partial charge in [-0.15, -0.1) is 0 Å². The second-order valence-electron chi connectivity index (χ2n) is 9.59. The summed E-state index contributed by atoms with van der Waals surface area (Å²) < 4.78 is 15.0. The van der Waals surface area contributed by atoms with Gasteiger partial charge in [0.25, 0.3) is 0 Å². The summed E-state index contributed by atoms with van der Waals surface area (Å²) in [6.45, 7) is 4.23. The lowest BCUT2D eigenvalue weighted by atomic mass is 9.84. The third-order valence-corrected chi connectivity index (χ3v) is 7.30. The minimum atomic E-state index is -1.05. The lowest BCUT2D eigenvalue weighted by Gasteiger charge is -2.31. The van der Waals surface area contributed by atoms with E-state index in [1.54, 1.807) is 24.0 Å². The number of fused-ring (bicyclic) bond motifs is 1. The molecule has 2 aromatic carbocycles. The first-order valence-electron chi connectivity index (χ1n) is 12.0. The monoisotopic (exact) mass is 462 g/mol. The van der Waals surface area contributed by atoms with Gasteiger partial charge in [-0.05, 0) is 67.0 Å². The van der Waals surface area contributed by atoms with E-state index in [2.05, 4.69) is 11.4 Å². The second-order valence-corrected chi connectivity index (χ2v) is 9.59. The second kappa shape index (κ2) is 9.55. The van der Waals surface area contributed by atoms with Crippen molar-refractivity contribution in [1.82, 2.24) is 5.32 Å². The summed E-state index contributed by atoms with van der Waals surface area (Å²) in [5.41, 5.74) is 8.98. The number of rotatable bonds is 7. The van der Waals surface area contributed by atoms with Gasteiger partial charge in [-0.2, -0.15) is 5.26 Å². The van der Waals surface area contributed by atoms with Crippen LogP contribution in [0.4, 0.5) is 10.1 Å². The van der Waals surface area contributed by atoms with Crippen molar-refractivity contribution in [2.75, 3.05) is 11.4 Å². The Morgan fingerprint density at radius 1 is 1.26 bits per heavy atom. The van der Waals surface area contributed by atoms with Gasteiger partial charge in [-0.3, -0.25) is 9.59 Å². The number of nitrogens with two attached hydrogens (primary N) is 1. The molecule has 1 aliphatic carbocycles. The number of hydrogen-bond donors (Lipinski definition) is 2. The highest BCUT2D eigenvalue weighted by Gasteiger charge is 2.39. The number of nitriles is 1. The topological polar surface area (TPSA) is 99.2 Å². The number of hydrogen-bond acceptors (Lipinski definition) is 4. The number of halogens is 1. The molecule has 2 aromatic rings. The van der Waals surface area contributed by atoms with E-state index in [0.29, 0.717) is 24.1 Å². The number of nitrogens with one attached hydrogen (secondary N) is 1. The van der Waals surface area contributed by atoms with Crippen LogP contribution < -0.4 is 16.0 Å². The molecule has 178 valence electrons. The Bertz CT molecular complexity index is 1150. The van der Waals surface area contributed by atoms with Gasteiger partial charge in [0.2, 0.25) is 11.8 Å². The molecular formula is C27H31FN4O2. The number of anilines is 1. The summed E-state index contributed by atoms with van der Waals surface area (Å²) in [5.74, 6) is -0.644. The lowest BCUT2D eigenvalue weighted by Crippen LogP contribution is -2.58. The zero-order valence-electron chi connectivity index (χ0n) is 19.7. The van der Waals surface area contributed by atoms with E-state index in [1.807, 2.05) is 25.1 Å². The summed E-state index contributed by atoms with van der Waals surface area (Å²) in [5, 5.41) is 12.3. The predicted molar refractivity (Wildman–Crippen MR) is 129 cm³/mol. The van der Waals surface area contributed by atoms with Gasteiger partial charge in [-0.25, -0.2) is 4.39 Å². The van der Waals surface area contributed by atoms with Crippen molar-refractivity contribution < 1.29 is 14.0 Å². The fourth-order valence-corrected chi connectivity index (χ4v) is 5.15. The van der Waals surface area contributed by atoms with E-state index in [-0.39, 0.29) is 24.2 Å². The van der Waals surface area contributed by atoms with Gasteiger partial charge < -0.3 is 16.0 Å². The third kappa shape index (κ3) is 4.55. The van der Waals surface area contributed by atoms with Crippen LogP contribution in [0.15, 0.2) is 36.4 Å². The average molecular weight is 463 g/mol. The third-order valence-electron chi connectivity index (χ3n) is 7.30. The van der Waals surface area contributed by atoms with E-state index in [4.69, 9.17) is 5.73 Å². The highest BCUT2D eigenvalue weighted by molar-refractivity contribution is 6.02. The molecule has 1 saturated carbocycles. The van der Waals surface area contributed by atoms with Crippen molar-refractivity contribution in [3.8, 4) is 17.2 Å². The summed E-state index contributed by atoms with van der Waals surface area (Å²) in [6, 6.07) is 11.8. The van der Waals surface area contributed by atoms with Gasteiger partial charge >= 0.3 is 0 Å². The normalized spacial score (nSPS) is 18.3. The molecule has 0 saturated heterocycles. The van der Waals surface area contributed by atoms with Crippen LogP contribution in [0.3, 0.4) is 0 Å². The largest absolute Gasteiger partial charge is 0.338 e. The number of amides is 2. The maximum atomic E-state index is 15.0. The van der Waals surface area contributed by atoms with Gasteiger partial charge in [0, 0.05) is 18.7 Å². The highest BCUT2D eigenvalue weighted by atomic mass is 19.1. The Morgan fingerprint density at radius 3 is 2.59 bits per heavy atom. The maximum absolute atomic E-state index is 15.0. The molecule has 2 amide bonds. The van der Waals surface area contributed by atoms with Crippen molar-refractivity contribution in [3.05, 3.63) is 53.3 Å². The molecule has 1 aliphatic heterocycles. The molecule has 0 spiro atoms. The number of likely N-dealkylation sites (N-methyl/N-ethyl adjacent to an activating group) is 1. The van der Waals surface area contributed by atoms with Crippen LogP contribution in [0.5, 0.6) is 0 Å². The number of benzene rings is 2. The van der Waals surface area contributed by atoms with Crippen LogP contribution in [0.25, 0.3) is 11.1 Å². The molecule has 3 N–H and O–H groups in total. The molecule has 0 aromatic heterocycles. The molecule has 2 atom stereocenters. The smallest absolute Gasteiger partial charge is 0.241 e. The number of carbonyl (C=O) groups excluding carboxylic acids is 2. The molecule has 7 heteroatoms. The minimum Gasteiger partial charge on any atom is -0.338 e. The average Bonchev–Trinajstić information content (AvgIpc) is 3.47. The van der Waals surface area contributed by atoms with Crippen molar-refractivity contribution in [2.24, 2.45) is 11.7 Å². The standard InChI is InChI=1S/C27H31FN4O2/c1-3-32-24-14-18(9-11-20(24)15-25(32)33)17-8-10-19(23(28)13-17)12-22(16-29)31-26(34)27(2,30)21-6-4-5-7-21/h8-11,13-14,21-22H,3-7,12,15,30H2,1-2H3,(H,31,34)/t22-,27+/m0/s1. The molecule has 0 radical (unpaired) electrons. The molecule has 2 aliphatic rings. The maximum Gasteiger partial charge on any atom is 0.241 e. The van der Waals surface area contributed by atoms with Gasteiger partial charge in [0.15, 0.2) is 0 Å². The fourth-order valence-electron chi connectivity index (χ4n) is 5.15. The zero-order valence-corrected chi connectivity index (χ0v) is 19.7. The highest BCUT2D eigenvalue weighted by Crippen LogP contribution is 2.34. The Morgan fingerprint density at radius 2 is 1.94 bits per heavy atom. The fraction of sp³-hybridized carbons (Fsp3) is 0.444. The lowest BCUT2D eigenvalue weighted by molar-refractivity contribution is -0.128. The molecule has 0 unspecified atom stereocenters. The van der Waals surface area contributed by atoms with E-state index < -0.39 is 17.4 Å². The number of carbonyl (C=O) groups is 2. The first-order valence-corrected chi connectivity index (χ1v) is 12.0. The van der Waals surface area contributed by atoms with Gasteiger partial charge in [-0.1, -0.05) is 37.1 Å². The van der Waals surface area contributed by atoms with Gasteiger partial charge in [0.1, 0.15) is 11.9 Å². The minimum absolute atomic E-state index is 0.0530. The molecule has 34 heavy (non-hydrogen) atoms. The molecule has 6 nitrogen and oxygen atoms in total. The Kier molecular flexibility index (Phi) is 6.72. The summed E-state index contributed by atoms with van der Waals surface area (Å²) in [6.07, 6.45) is 4.36. The Balaban J connectivity index is 1.48. The SMILES string of the molecule is CCN1C(=O)Cc2ccc(-c3ccc(C[C@@H](C#N)NC(=O)[C@](C)(N)C4CCCC4)c(F)c3)cc21. The van der Waals surface area contributed by atoms with E-state index in [1.165, 1.54) is 6.07 Å². The van der Waals surface area contributed by atoms with E-state index in [0.717, 1.165) is 42.5 Å². The summed E-state index contributed by atoms with van der Waals surface area (Å²) in [7, 11) is 0. The van der Waals surface area contributed by atoms with Crippen molar-refractivity contribution in [3.63, 3.8) is 0 Å². The predicted octanol–water partition coefficient (Wildman–Crippen LogP) is 3.86. The van der Waals surface area contributed by atoms with Crippen LogP contribution in [0, 0.1) is 23.1 Å². The quantitative estimate of drug-likeness (QED) is 0.653. The van der Waals surface area contributed by atoms with Gasteiger partial charge in [0.05, 0.1) is 18.0 Å². The summed E-state index contributed by atoms with van der Waals surface area (Å²) in [4.78, 5) is 26.7. The van der Waals surface area contributed by atoms with Crippen molar-refractivity contribution in [1.29, 1.82) is 5.26 Å². The van der Waals surface area contributed by atoms with Crippen LogP contribution >= 0.6 is 0 Å². The zero-order chi connectivity index (χ0) is 24.5. The summed E-state index contributed by atoms with van der Waals surface area (Å²) >= 11 is 0. The van der Waals surface area contributed by atoms with Crippen LogP contribution in [-0.4, -0.2) is 29.9 Å². The first-order chi connectivity index (χ1) is 16.2. The van der Waals surface area contributed by atoms with E-state index >= 15 is 4.39 Å². The van der Waals surface area contributed by atoms with E-state index in [9.17, 15) is 14.9 Å². The molecule has 4 rings (SSSR count). The molecule has 1 heterocycles. The Hall–Kier alpha value is -3.24. The molecular weight excluding hydrogens is 431 g/mol. The van der Waals surface area contributed by atoms with Crippen molar-refractivity contribution >= 4 is 17.5 Å². The van der Waals surface area contributed by atoms with Crippen LogP contribution in [0.2, 0.25) is 0 Å². The van der Waals surface area contributed by atoms with Crippen LogP contribution in [-0.2, 0) is 22.4 Å².